The Morgan fingerprint density at radius 1 is 1.05 bits per heavy atom. The fourth-order valence-corrected chi connectivity index (χ4v) is 2.26. The molecule has 0 radical (unpaired) electrons. The monoisotopic (exact) mass is 293 g/mol. The molecule has 0 saturated carbocycles. The van der Waals surface area contributed by atoms with Gasteiger partial charge in [0.15, 0.2) is 11.4 Å². The third kappa shape index (κ3) is 2.17. The molecule has 0 amide bonds. The minimum atomic E-state index is -0.639. The highest BCUT2D eigenvalue weighted by Crippen LogP contribution is 2.29. The number of nitrogens with two attached hydrogens (primary N) is 1. The summed E-state index contributed by atoms with van der Waals surface area (Å²) in [5.74, 6) is -0.566. The van der Waals surface area contributed by atoms with Gasteiger partial charge in [0, 0.05) is 5.39 Å². The van der Waals surface area contributed by atoms with E-state index in [0.29, 0.717) is 16.7 Å². The van der Waals surface area contributed by atoms with Crippen molar-refractivity contribution in [1.82, 2.24) is 0 Å². The van der Waals surface area contributed by atoms with Crippen molar-refractivity contribution in [3.63, 3.8) is 0 Å². The molecule has 3 rings (SSSR count). The van der Waals surface area contributed by atoms with Gasteiger partial charge in [0.1, 0.15) is 11.6 Å². The normalized spacial score (nSPS) is 12.8. The van der Waals surface area contributed by atoms with Crippen LogP contribution in [0.25, 0.3) is 11.0 Å². The zero-order valence-electron chi connectivity index (χ0n) is 10.2. The van der Waals surface area contributed by atoms with Crippen molar-refractivity contribution in [2.75, 3.05) is 0 Å². The first-order valence-electron chi connectivity index (χ1n) is 5.95. The van der Waals surface area contributed by atoms with Crippen molar-refractivity contribution < 1.29 is 13.2 Å². The Labute approximate surface area is 118 Å². The number of hydrogen-bond donors (Lipinski definition) is 1. The fourth-order valence-electron chi connectivity index (χ4n) is 2.07. The van der Waals surface area contributed by atoms with Gasteiger partial charge in [-0.3, -0.25) is 0 Å². The standard InChI is InChI=1S/C15H10ClF2NO/c16-10-6-8(4-5-11(10)17)14(19)13-7-9-2-1-3-12(18)15(9)20-13/h1-7,14H,19H2. The number of furan rings is 1. The van der Waals surface area contributed by atoms with Crippen LogP contribution in [0.15, 0.2) is 46.9 Å². The van der Waals surface area contributed by atoms with Crippen molar-refractivity contribution in [2.24, 2.45) is 5.73 Å². The van der Waals surface area contributed by atoms with E-state index in [-0.39, 0.29) is 10.6 Å². The third-order valence-electron chi connectivity index (χ3n) is 3.12. The molecule has 20 heavy (non-hydrogen) atoms. The summed E-state index contributed by atoms with van der Waals surface area (Å²) < 4.78 is 32.2. The fraction of sp³-hybridized carbons (Fsp3) is 0.0667. The van der Waals surface area contributed by atoms with Gasteiger partial charge in [-0.15, -0.1) is 0 Å². The SMILES string of the molecule is NC(c1ccc(F)c(Cl)c1)c1cc2cccc(F)c2o1. The second-order valence-corrected chi connectivity index (χ2v) is 4.87. The molecule has 1 unspecified atom stereocenters. The quantitative estimate of drug-likeness (QED) is 0.760. The van der Waals surface area contributed by atoms with Crippen molar-refractivity contribution in [1.29, 1.82) is 0 Å². The number of halogens is 3. The number of fused-ring (bicyclic) bond motifs is 1. The summed E-state index contributed by atoms with van der Waals surface area (Å²) >= 11 is 5.73. The van der Waals surface area contributed by atoms with Crippen LogP contribution in [0, 0.1) is 11.6 Å². The second kappa shape index (κ2) is 4.89. The maximum Gasteiger partial charge on any atom is 0.169 e. The molecule has 1 heterocycles. The number of rotatable bonds is 2. The van der Waals surface area contributed by atoms with Crippen LogP contribution in [0.3, 0.4) is 0 Å². The molecule has 1 atom stereocenters. The molecule has 1 aromatic heterocycles. The van der Waals surface area contributed by atoms with Crippen LogP contribution < -0.4 is 5.73 Å². The van der Waals surface area contributed by atoms with Crippen LogP contribution in [0.1, 0.15) is 17.4 Å². The smallest absolute Gasteiger partial charge is 0.169 e. The Balaban J connectivity index is 2.05. The zero-order chi connectivity index (χ0) is 14.3. The van der Waals surface area contributed by atoms with E-state index in [9.17, 15) is 8.78 Å². The van der Waals surface area contributed by atoms with E-state index >= 15 is 0 Å². The van der Waals surface area contributed by atoms with Crippen molar-refractivity contribution in [3.05, 3.63) is 70.4 Å². The Kier molecular flexibility index (Phi) is 3.20. The molecule has 3 aromatic rings. The van der Waals surface area contributed by atoms with Gasteiger partial charge in [0.25, 0.3) is 0 Å². The lowest BCUT2D eigenvalue weighted by atomic mass is 10.1. The second-order valence-electron chi connectivity index (χ2n) is 4.46. The van der Waals surface area contributed by atoms with E-state index in [1.54, 1.807) is 18.2 Å². The highest BCUT2D eigenvalue weighted by atomic mass is 35.5. The molecule has 2 aromatic carbocycles. The highest BCUT2D eigenvalue weighted by Gasteiger charge is 2.17. The maximum absolute atomic E-state index is 13.6. The van der Waals surface area contributed by atoms with Gasteiger partial charge in [-0.25, -0.2) is 8.78 Å². The summed E-state index contributed by atoms with van der Waals surface area (Å²) in [4.78, 5) is 0. The van der Waals surface area contributed by atoms with E-state index in [0.717, 1.165) is 0 Å². The van der Waals surface area contributed by atoms with Crippen LogP contribution in [0.4, 0.5) is 8.78 Å². The van der Waals surface area contributed by atoms with Crippen LogP contribution >= 0.6 is 11.6 Å². The van der Waals surface area contributed by atoms with E-state index in [1.807, 2.05) is 0 Å². The highest BCUT2D eigenvalue weighted by molar-refractivity contribution is 6.30. The Hall–Kier alpha value is -1.91. The summed E-state index contributed by atoms with van der Waals surface area (Å²) in [6.45, 7) is 0. The molecule has 0 aliphatic carbocycles. The van der Waals surface area contributed by atoms with Crippen LogP contribution in [-0.4, -0.2) is 0 Å². The topological polar surface area (TPSA) is 39.2 Å². The number of para-hydroxylation sites is 1. The van der Waals surface area contributed by atoms with Crippen LogP contribution in [0.5, 0.6) is 0 Å². The van der Waals surface area contributed by atoms with E-state index in [4.69, 9.17) is 21.8 Å². The first kappa shape index (κ1) is 13.1. The van der Waals surface area contributed by atoms with E-state index in [2.05, 4.69) is 0 Å². The lowest BCUT2D eigenvalue weighted by Crippen LogP contribution is -2.10. The van der Waals surface area contributed by atoms with E-state index in [1.165, 1.54) is 24.3 Å². The summed E-state index contributed by atoms with van der Waals surface area (Å²) in [7, 11) is 0. The molecule has 0 spiro atoms. The molecule has 102 valence electrons. The average molecular weight is 294 g/mol. The predicted molar refractivity (Wildman–Crippen MR) is 73.6 cm³/mol. The zero-order valence-corrected chi connectivity index (χ0v) is 11.0. The van der Waals surface area contributed by atoms with Gasteiger partial charge in [-0.2, -0.15) is 0 Å². The predicted octanol–water partition coefficient (Wildman–Crippen LogP) is 4.41. The maximum atomic E-state index is 13.6. The van der Waals surface area contributed by atoms with Crippen LogP contribution in [-0.2, 0) is 0 Å². The molecule has 5 heteroatoms. The Bertz CT molecular complexity index is 785. The first-order valence-corrected chi connectivity index (χ1v) is 6.32. The molecule has 2 nitrogen and oxygen atoms in total. The lowest BCUT2D eigenvalue weighted by molar-refractivity contribution is 0.502. The summed E-state index contributed by atoms with van der Waals surface area (Å²) in [5, 5.41) is 0.615. The number of benzene rings is 2. The van der Waals surface area contributed by atoms with Crippen molar-refractivity contribution >= 4 is 22.6 Å². The minimum absolute atomic E-state index is 0.0137. The van der Waals surface area contributed by atoms with Crippen molar-refractivity contribution in [3.8, 4) is 0 Å². The van der Waals surface area contributed by atoms with Gasteiger partial charge in [-0.05, 0) is 29.8 Å². The third-order valence-corrected chi connectivity index (χ3v) is 3.41. The van der Waals surface area contributed by atoms with Gasteiger partial charge in [0.05, 0.1) is 11.1 Å². The molecular formula is C15H10ClF2NO. The first-order chi connectivity index (χ1) is 9.56. The summed E-state index contributed by atoms with van der Waals surface area (Å²) in [6.07, 6.45) is 0. The van der Waals surface area contributed by atoms with E-state index < -0.39 is 17.7 Å². The van der Waals surface area contributed by atoms with Crippen molar-refractivity contribution in [2.45, 2.75) is 6.04 Å². The largest absolute Gasteiger partial charge is 0.456 e. The molecule has 0 fully saturated rings. The van der Waals surface area contributed by atoms with Gasteiger partial charge < -0.3 is 10.2 Å². The Morgan fingerprint density at radius 2 is 1.85 bits per heavy atom. The average Bonchev–Trinajstić information content (AvgIpc) is 2.86. The minimum Gasteiger partial charge on any atom is -0.456 e. The summed E-state index contributed by atoms with van der Waals surface area (Å²) in [6, 6.07) is 9.87. The van der Waals surface area contributed by atoms with Crippen LogP contribution in [0.2, 0.25) is 5.02 Å². The van der Waals surface area contributed by atoms with Gasteiger partial charge in [0.2, 0.25) is 0 Å². The number of hydrogen-bond acceptors (Lipinski definition) is 2. The molecule has 0 aliphatic rings. The van der Waals surface area contributed by atoms with Gasteiger partial charge in [-0.1, -0.05) is 29.8 Å². The summed E-state index contributed by atoms with van der Waals surface area (Å²) in [5.41, 5.74) is 6.80. The molecule has 0 bridgehead atoms. The molecular weight excluding hydrogens is 284 g/mol. The lowest BCUT2D eigenvalue weighted by Gasteiger charge is -2.09. The van der Waals surface area contributed by atoms with Gasteiger partial charge >= 0.3 is 0 Å². The Morgan fingerprint density at radius 3 is 2.55 bits per heavy atom. The molecule has 0 aliphatic heterocycles. The molecule has 0 saturated heterocycles. The molecule has 2 N–H and O–H groups in total.